The third-order valence-electron chi connectivity index (χ3n) is 2.74. The molecule has 2 aromatic rings. The maximum absolute atomic E-state index is 12.1. The summed E-state index contributed by atoms with van der Waals surface area (Å²) in [7, 11) is 0. The zero-order valence-corrected chi connectivity index (χ0v) is 11.8. The van der Waals surface area contributed by atoms with Gasteiger partial charge in [-0.1, -0.05) is 28.1 Å². The van der Waals surface area contributed by atoms with Gasteiger partial charge in [-0.05, 0) is 31.5 Å². The Hall–Kier alpha value is -1.62. The normalized spacial score (nSPS) is 10.4. The van der Waals surface area contributed by atoms with Crippen molar-refractivity contribution in [3.63, 3.8) is 0 Å². The van der Waals surface area contributed by atoms with Crippen LogP contribution in [0, 0.1) is 13.8 Å². The molecule has 0 bridgehead atoms. The Labute approximate surface area is 114 Å². The number of aromatic nitrogens is 2. The first-order valence-corrected chi connectivity index (χ1v) is 6.71. The van der Waals surface area contributed by atoms with Gasteiger partial charge >= 0.3 is 0 Å². The van der Waals surface area contributed by atoms with Crippen LogP contribution < -0.4 is 5.32 Å². The number of H-pyrrole nitrogens is 1. The fourth-order valence-corrected chi connectivity index (χ4v) is 2.04. The van der Waals surface area contributed by atoms with Crippen molar-refractivity contribution in [3.05, 3.63) is 46.8 Å². The summed E-state index contributed by atoms with van der Waals surface area (Å²) in [6.45, 7) is 3.73. The molecule has 0 saturated heterocycles. The van der Waals surface area contributed by atoms with E-state index in [1.54, 1.807) is 0 Å². The number of carbonyl (C=O) groups is 1. The minimum Gasteiger partial charge on any atom is -0.319 e. The quantitative estimate of drug-likeness (QED) is 0.856. The summed E-state index contributed by atoms with van der Waals surface area (Å²) in [5, 5.41) is 10.5. The summed E-state index contributed by atoms with van der Waals surface area (Å²) in [5.41, 5.74) is 4.18. The Bertz CT molecular complexity index is 541. The minimum absolute atomic E-state index is 0.122. The van der Waals surface area contributed by atoms with Crippen LogP contribution in [0.3, 0.4) is 0 Å². The molecule has 5 heteroatoms. The number of amides is 1. The van der Waals surface area contributed by atoms with Crippen molar-refractivity contribution in [1.82, 2.24) is 10.2 Å². The molecule has 1 aromatic heterocycles. The van der Waals surface area contributed by atoms with Crippen LogP contribution in [0.2, 0.25) is 0 Å². The fourth-order valence-electron chi connectivity index (χ4n) is 1.67. The number of alkyl halides is 1. The van der Waals surface area contributed by atoms with Gasteiger partial charge in [-0.15, -0.1) is 0 Å². The Morgan fingerprint density at radius 1 is 1.33 bits per heavy atom. The summed E-state index contributed by atoms with van der Waals surface area (Å²) in [5.74, 6) is -0.122. The van der Waals surface area contributed by atoms with Crippen LogP contribution in [-0.4, -0.2) is 16.1 Å². The minimum atomic E-state index is -0.122. The maximum Gasteiger partial charge on any atom is 0.255 e. The topological polar surface area (TPSA) is 57.8 Å². The largest absolute Gasteiger partial charge is 0.319 e. The van der Waals surface area contributed by atoms with Crippen LogP contribution in [0.4, 0.5) is 5.69 Å². The zero-order chi connectivity index (χ0) is 13.1. The lowest BCUT2D eigenvalue weighted by Gasteiger charge is -2.05. The number of hydrogen-bond donors (Lipinski definition) is 2. The van der Waals surface area contributed by atoms with E-state index in [1.807, 2.05) is 38.1 Å². The van der Waals surface area contributed by atoms with Crippen LogP contribution in [0.25, 0.3) is 0 Å². The highest BCUT2D eigenvalue weighted by Crippen LogP contribution is 2.17. The zero-order valence-electron chi connectivity index (χ0n) is 10.2. The summed E-state index contributed by atoms with van der Waals surface area (Å²) < 4.78 is 0. The van der Waals surface area contributed by atoms with Crippen LogP contribution >= 0.6 is 15.9 Å². The van der Waals surface area contributed by atoms with Crippen molar-refractivity contribution in [3.8, 4) is 0 Å². The van der Waals surface area contributed by atoms with E-state index in [0.717, 1.165) is 28.0 Å². The molecule has 2 N–H and O–H groups in total. The molecule has 0 fully saturated rings. The molecule has 0 unspecified atom stereocenters. The van der Waals surface area contributed by atoms with Crippen molar-refractivity contribution in [2.24, 2.45) is 0 Å². The molecule has 0 atom stereocenters. The number of aryl methyl sites for hydroxylation is 2. The second-order valence-corrected chi connectivity index (χ2v) is 4.65. The number of nitrogens with zero attached hydrogens (tertiary/aromatic N) is 1. The second kappa shape index (κ2) is 5.35. The number of anilines is 1. The van der Waals surface area contributed by atoms with Crippen LogP contribution in [-0.2, 0) is 5.33 Å². The van der Waals surface area contributed by atoms with Crippen molar-refractivity contribution >= 4 is 27.5 Å². The Kier molecular flexibility index (Phi) is 3.81. The Balaban J connectivity index is 2.17. The highest BCUT2D eigenvalue weighted by molar-refractivity contribution is 9.08. The molecule has 2 rings (SSSR count). The fraction of sp³-hybridized carbons (Fsp3) is 0.231. The standard InChI is InChI=1S/C13H14BrN3O/c1-8-12(9(2)17-16-8)15-13(18)11-5-3-10(7-14)4-6-11/h3-6H,7H2,1-2H3,(H,15,18)(H,16,17). The molecule has 0 aliphatic heterocycles. The van der Waals surface area contributed by atoms with Crippen molar-refractivity contribution in [2.75, 3.05) is 5.32 Å². The number of nitrogens with one attached hydrogen (secondary N) is 2. The first-order chi connectivity index (χ1) is 8.61. The van der Waals surface area contributed by atoms with E-state index in [4.69, 9.17) is 0 Å². The average molecular weight is 308 g/mol. The lowest BCUT2D eigenvalue weighted by atomic mass is 10.1. The molecular formula is C13H14BrN3O. The van der Waals surface area contributed by atoms with Gasteiger partial charge in [0.15, 0.2) is 0 Å². The molecule has 94 valence electrons. The average Bonchev–Trinajstić information content (AvgIpc) is 2.70. The van der Waals surface area contributed by atoms with Gasteiger partial charge in [0.05, 0.1) is 17.1 Å². The summed E-state index contributed by atoms with van der Waals surface area (Å²) >= 11 is 3.37. The highest BCUT2D eigenvalue weighted by atomic mass is 79.9. The van der Waals surface area contributed by atoms with E-state index in [2.05, 4.69) is 31.4 Å². The highest BCUT2D eigenvalue weighted by Gasteiger charge is 2.11. The predicted octanol–water partition coefficient (Wildman–Crippen LogP) is 3.17. The van der Waals surface area contributed by atoms with Gasteiger partial charge < -0.3 is 5.32 Å². The van der Waals surface area contributed by atoms with Crippen LogP contribution in [0.5, 0.6) is 0 Å². The van der Waals surface area contributed by atoms with Crippen LogP contribution in [0.15, 0.2) is 24.3 Å². The van der Waals surface area contributed by atoms with E-state index in [9.17, 15) is 4.79 Å². The van der Waals surface area contributed by atoms with Gasteiger partial charge in [-0.2, -0.15) is 5.10 Å². The molecule has 18 heavy (non-hydrogen) atoms. The molecule has 4 nitrogen and oxygen atoms in total. The predicted molar refractivity (Wildman–Crippen MR) is 75.1 cm³/mol. The maximum atomic E-state index is 12.1. The third-order valence-corrected chi connectivity index (χ3v) is 3.38. The van der Waals surface area contributed by atoms with Gasteiger partial charge in [0, 0.05) is 10.9 Å². The first-order valence-electron chi connectivity index (χ1n) is 5.59. The summed E-state index contributed by atoms with van der Waals surface area (Å²) in [4.78, 5) is 12.1. The molecule has 0 radical (unpaired) electrons. The molecule has 0 aliphatic carbocycles. The molecule has 0 saturated carbocycles. The number of halogens is 1. The van der Waals surface area contributed by atoms with Crippen molar-refractivity contribution in [1.29, 1.82) is 0 Å². The lowest BCUT2D eigenvalue weighted by Crippen LogP contribution is -2.12. The molecular weight excluding hydrogens is 294 g/mol. The number of benzene rings is 1. The molecule has 1 heterocycles. The van der Waals surface area contributed by atoms with Gasteiger partial charge in [0.25, 0.3) is 5.91 Å². The van der Waals surface area contributed by atoms with E-state index in [-0.39, 0.29) is 5.91 Å². The first kappa shape index (κ1) is 12.8. The second-order valence-electron chi connectivity index (χ2n) is 4.09. The molecule has 0 spiro atoms. The number of carbonyl (C=O) groups excluding carboxylic acids is 1. The van der Waals surface area contributed by atoms with Gasteiger partial charge in [0.1, 0.15) is 0 Å². The van der Waals surface area contributed by atoms with Crippen LogP contribution in [0.1, 0.15) is 27.3 Å². The Morgan fingerprint density at radius 2 is 2.00 bits per heavy atom. The monoisotopic (exact) mass is 307 g/mol. The van der Waals surface area contributed by atoms with Gasteiger partial charge in [-0.25, -0.2) is 0 Å². The molecule has 1 aromatic carbocycles. The Morgan fingerprint density at radius 3 is 2.50 bits per heavy atom. The lowest BCUT2D eigenvalue weighted by molar-refractivity contribution is 0.102. The molecule has 1 amide bonds. The van der Waals surface area contributed by atoms with Gasteiger partial charge in [0.2, 0.25) is 0 Å². The number of hydrogen-bond acceptors (Lipinski definition) is 2. The summed E-state index contributed by atoms with van der Waals surface area (Å²) in [6.07, 6.45) is 0. The van der Waals surface area contributed by atoms with Crippen molar-refractivity contribution in [2.45, 2.75) is 19.2 Å². The smallest absolute Gasteiger partial charge is 0.255 e. The number of aromatic amines is 1. The van der Waals surface area contributed by atoms with E-state index >= 15 is 0 Å². The SMILES string of the molecule is Cc1n[nH]c(C)c1NC(=O)c1ccc(CBr)cc1. The van der Waals surface area contributed by atoms with Gasteiger partial charge in [-0.3, -0.25) is 9.89 Å². The molecule has 0 aliphatic rings. The van der Waals surface area contributed by atoms with E-state index < -0.39 is 0 Å². The third kappa shape index (κ3) is 2.61. The van der Waals surface area contributed by atoms with E-state index in [0.29, 0.717) is 5.56 Å². The van der Waals surface area contributed by atoms with E-state index in [1.165, 1.54) is 0 Å². The number of rotatable bonds is 3. The summed E-state index contributed by atoms with van der Waals surface area (Å²) in [6, 6.07) is 7.49. The van der Waals surface area contributed by atoms with Crippen molar-refractivity contribution < 1.29 is 4.79 Å².